The van der Waals surface area contributed by atoms with E-state index in [9.17, 15) is 34.7 Å². The summed E-state index contributed by atoms with van der Waals surface area (Å²) >= 11 is 0. The van der Waals surface area contributed by atoms with Crippen molar-refractivity contribution in [3.63, 3.8) is 0 Å². The molecule has 1 aromatic carbocycles. The van der Waals surface area contributed by atoms with Gasteiger partial charge in [-0.05, 0) is 80.8 Å². The minimum atomic E-state index is -1.66. The van der Waals surface area contributed by atoms with E-state index in [-0.39, 0.29) is 35.5 Å². The number of fused-ring (bicyclic) bond motifs is 4. The molecule has 8 atom stereocenters. The number of aliphatic hydroxyl groups is 1. The van der Waals surface area contributed by atoms with Crippen LogP contribution in [0.2, 0.25) is 0 Å². The summed E-state index contributed by atoms with van der Waals surface area (Å²) in [5.74, 6) is -4.18. The zero-order chi connectivity index (χ0) is 33.9. The third-order valence-electron chi connectivity index (χ3n) is 10.7. The lowest BCUT2D eigenvalue weighted by Crippen LogP contribution is -2.71. The number of carbonyl (C=O) groups excluding carboxylic acids is 2. The highest BCUT2D eigenvalue weighted by atomic mass is 16.6. The molecule has 0 spiro atoms. The lowest BCUT2D eigenvalue weighted by atomic mass is 9.42. The van der Waals surface area contributed by atoms with E-state index in [2.05, 4.69) is 4.98 Å². The SMILES string of the molecule is CC(=O)O[C@H]1CCC2(C)C3[C@@H](O)c4c(cc(-c5cccnc5)oc4=O)OC3(C)[C@@H](OC(=O)c3ccc(C#N)cc3)CC2[C@@]1(C)C(=O)O. The Morgan fingerprint density at radius 2 is 1.81 bits per heavy atom. The van der Waals surface area contributed by atoms with Crippen LogP contribution in [0.5, 0.6) is 5.75 Å². The Labute approximate surface area is 269 Å². The largest absolute Gasteiger partial charge is 0.482 e. The molecular formula is C35H34N2O10. The molecule has 12 heteroatoms. The Hall–Kier alpha value is -5.02. The smallest absolute Gasteiger partial charge is 0.345 e. The fraction of sp³-hybridized carbons (Fsp3) is 0.429. The van der Waals surface area contributed by atoms with Gasteiger partial charge < -0.3 is 28.8 Å². The number of esters is 2. The molecule has 2 aromatic heterocycles. The van der Waals surface area contributed by atoms with Gasteiger partial charge in [-0.2, -0.15) is 5.26 Å². The second-order valence-electron chi connectivity index (χ2n) is 13.2. The Balaban J connectivity index is 1.51. The van der Waals surface area contributed by atoms with Crippen molar-refractivity contribution < 1.29 is 43.2 Å². The molecule has 4 unspecified atom stereocenters. The highest BCUT2D eigenvalue weighted by Gasteiger charge is 2.72. The number of ether oxygens (including phenoxy) is 3. The van der Waals surface area contributed by atoms with E-state index in [1.807, 2.05) is 13.0 Å². The highest BCUT2D eigenvalue weighted by molar-refractivity contribution is 5.89. The molecule has 47 heavy (non-hydrogen) atoms. The van der Waals surface area contributed by atoms with Gasteiger partial charge in [0.05, 0.1) is 23.3 Å². The molecule has 0 saturated heterocycles. The number of aliphatic hydroxyl groups excluding tert-OH is 1. The molecule has 2 fully saturated rings. The van der Waals surface area contributed by atoms with Crippen molar-refractivity contribution in [3.8, 4) is 23.1 Å². The van der Waals surface area contributed by atoms with Gasteiger partial charge in [-0.25, -0.2) is 9.59 Å². The number of carbonyl (C=O) groups is 3. The van der Waals surface area contributed by atoms with E-state index in [0.29, 0.717) is 17.5 Å². The molecule has 0 bridgehead atoms. The summed E-state index contributed by atoms with van der Waals surface area (Å²) < 4.78 is 24.0. The van der Waals surface area contributed by atoms with E-state index in [4.69, 9.17) is 18.6 Å². The number of carboxylic acids is 1. The maximum atomic E-state index is 13.6. The van der Waals surface area contributed by atoms with Crippen LogP contribution < -0.4 is 10.4 Å². The molecule has 12 nitrogen and oxygen atoms in total. The van der Waals surface area contributed by atoms with Crippen molar-refractivity contribution in [1.29, 1.82) is 5.26 Å². The van der Waals surface area contributed by atoms with Gasteiger partial charge in [0.1, 0.15) is 40.3 Å². The average molecular weight is 643 g/mol. The summed E-state index contributed by atoms with van der Waals surface area (Å²) in [4.78, 5) is 56.5. The zero-order valence-corrected chi connectivity index (χ0v) is 26.3. The van der Waals surface area contributed by atoms with E-state index < -0.39 is 70.1 Å². The number of aromatic nitrogens is 1. The first-order chi connectivity index (χ1) is 22.2. The van der Waals surface area contributed by atoms with Gasteiger partial charge in [0.2, 0.25) is 0 Å². The third-order valence-corrected chi connectivity index (χ3v) is 10.7. The number of nitrogens with zero attached hydrogens (tertiary/aromatic N) is 2. The Morgan fingerprint density at radius 3 is 2.43 bits per heavy atom. The molecule has 3 aliphatic rings. The van der Waals surface area contributed by atoms with Gasteiger partial charge in [-0.15, -0.1) is 0 Å². The van der Waals surface area contributed by atoms with Crippen LogP contribution in [-0.4, -0.2) is 50.9 Å². The standard InChI is InChI=1S/C35H34N2O10/c1-18(38)44-25-11-12-33(2)24(34(25,3)32(42)43)15-26(46-30(40)20-9-7-19(16-36)8-10-20)35(4)29(33)28(39)27-23(47-35)14-22(45-31(27)41)21-6-5-13-37-17-21/h5-10,13-14,17,24-26,28-29,39H,11-12,15H2,1-4H3,(H,42,43)/t24?,25-,26-,28-,29?,33?,34+,35?/m0/s1. The molecule has 1 aliphatic heterocycles. The number of carboxylic acid groups (broad SMARTS) is 1. The molecule has 2 N–H and O–H groups in total. The third kappa shape index (κ3) is 4.97. The molecule has 0 radical (unpaired) electrons. The van der Waals surface area contributed by atoms with Crippen LogP contribution >= 0.6 is 0 Å². The van der Waals surface area contributed by atoms with Gasteiger partial charge >= 0.3 is 23.5 Å². The maximum absolute atomic E-state index is 13.6. The van der Waals surface area contributed by atoms with Crippen LogP contribution in [0.15, 0.2) is 64.1 Å². The van der Waals surface area contributed by atoms with Crippen LogP contribution in [-0.2, 0) is 19.1 Å². The van der Waals surface area contributed by atoms with Crippen LogP contribution in [0.3, 0.4) is 0 Å². The summed E-state index contributed by atoms with van der Waals surface area (Å²) in [6.07, 6.45) is -0.108. The first kappa shape index (κ1) is 31.9. The van der Waals surface area contributed by atoms with E-state index in [0.717, 1.165) is 0 Å². The van der Waals surface area contributed by atoms with Crippen molar-refractivity contribution >= 4 is 17.9 Å². The molecule has 2 aliphatic carbocycles. The summed E-state index contributed by atoms with van der Waals surface area (Å²) in [5.41, 5.74) is -4.10. The van der Waals surface area contributed by atoms with E-state index >= 15 is 0 Å². The molecule has 3 heterocycles. The first-order valence-corrected chi connectivity index (χ1v) is 15.3. The minimum absolute atomic E-state index is 0.0228. The van der Waals surface area contributed by atoms with Crippen LogP contribution in [0.1, 0.15) is 74.5 Å². The van der Waals surface area contributed by atoms with Gasteiger partial charge in [0.25, 0.3) is 0 Å². The number of nitriles is 1. The normalized spacial score (nSPS) is 32.3. The molecular weight excluding hydrogens is 608 g/mol. The molecule has 244 valence electrons. The second kappa shape index (κ2) is 11.3. The fourth-order valence-corrected chi connectivity index (χ4v) is 8.42. The molecule has 0 amide bonds. The van der Waals surface area contributed by atoms with E-state index in [1.54, 1.807) is 25.3 Å². The van der Waals surface area contributed by atoms with Crippen LogP contribution in [0.25, 0.3) is 11.3 Å². The predicted octanol–water partition coefficient (Wildman–Crippen LogP) is 4.44. The minimum Gasteiger partial charge on any atom is -0.482 e. The fourth-order valence-electron chi connectivity index (χ4n) is 8.42. The number of rotatable bonds is 5. The lowest BCUT2D eigenvalue weighted by molar-refractivity contribution is -0.261. The second-order valence-corrected chi connectivity index (χ2v) is 13.2. The highest BCUT2D eigenvalue weighted by Crippen LogP contribution is 2.67. The summed E-state index contributed by atoms with van der Waals surface area (Å²) in [5, 5.41) is 32.1. The topological polar surface area (TPSA) is 186 Å². The maximum Gasteiger partial charge on any atom is 0.345 e. The Morgan fingerprint density at radius 1 is 1.09 bits per heavy atom. The molecule has 2 saturated carbocycles. The summed E-state index contributed by atoms with van der Waals surface area (Å²) in [6.45, 7) is 6.25. The van der Waals surface area contributed by atoms with Crippen LogP contribution in [0.4, 0.5) is 0 Å². The Bertz CT molecular complexity index is 1850. The van der Waals surface area contributed by atoms with Gasteiger partial charge in [-0.3, -0.25) is 14.6 Å². The quantitative estimate of drug-likeness (QED) is 0.373. The summed E-state index contributed by atoms with van der Waals surface area (Å²) in [7, 11) is 0. The first-order valence-electron chi connectivity index (χ1n) is 15.3. The number of hydrogen-bond donors (Lipinski definition) is 2. The number of aliphatic carboxylic acids is 1. The zero-order valence-electron chi connectivity index (χ0n) is 26.3. The lowest BCUT2D eigenvalue weighted by Gasteiger charge is -2.65. The van der Waals surface area contributed by atoms with Gasteiger partial charge in [0, 0.05) is 36.9 Å². The van der Waals surface area contributed by atoms with Crippen molar-refractivity contribution in [3.05, 3.63) is 82.0 Å². The van der Waals surface area contributed by atoms with Crippen molar-refractivity contribution in [1.82, 2.24) is 4.98 Å². The van der Waals surface area contributed by atoms with Crippen LogP contribution in [0, 0.1) is 34.0 Å². The predicted molar refractivity (Wildman–Crippen MR) is 163 cm³/mol. The number of hydrogen-bond acceptors (Lipinski definition) is 11. The average Bonchev–Trinajstić information content (AvgIpc) is 3.03. The monoisotopic (exact) mass is 642 g/mol. The molecule has 6 rings (SSSR count). The number of benzene rings is 1. The van der Waals surface area contributed by atoms with Crippen molar-refractivity contribution in [2.45, 2.75) is 70.9 Å². The van der Waals surface area contributed by atoms with Gasteiger partial charge in [0.15, 0.2) is 0 Å². The Kier molecular flexibility index (Phi) is 7.71. The van der Waals surface area contributed by atoms with E-state index in [1.165, 1.54) is 50.4 Å². The van der Waals surface area contributed by atoms with Crippen molar-refractivity contribution in [2.24, 2.45) is 22.7 Å². The number of pyridine rings is 1. The van der Waals surface area contributed by atoms with Gasteiger partial charge in [-0.1, -0.05) is 6.92 Å². The molecule has 3 aromatic rings. The summed E-state index contributed by atoms with van der Waals surface area (Å²) in [6, 6.07) is 12.7. The van der Waals surface area contributed by atoms with Crippen molar-refractivity contribution in [2.75, 3.05) is 0 Å².